The molecule has 472 valence electrons. The highest BCUT2D eigenvalue weighted by molar-refractivity contribution is 6.76. The van der Waals surface area contributed by atoms with Gasteiger partial charge in [0.05, 0.1) is 36.1 Å². The van der Waals surface area contributed by atoms with Crippen LogP contribution in [0.2, 0.25) is 82.2 Å². The van der Waals surface area contributed by atoms with E-state index < -0.39 is 42.5 Å². The summed E-state index contributed by atoms with van der Waals surface area (Å²) >= 11 is 5.99. The maximum absolute atomic E-state index is 5.99. The zero-order valence-corrected chi connectivity index (χ0v) is 58.4. The molecule has 9 aromatic heterocycles. The van der Waals surface area contributed by atoms with Gasteiger partial charge in [-0.2, -0.15) is 15.3 Å². The first kappa shape index (κ1) is 70.5. The first-order chi connectivity index (χ1) is 40.7. The van der Waals surface area contributed by atoms with Gasteiger partial charge in [-0.1, -0.05) is 70.5 Å². The summed E-state index contributed by atoms with van der Waals surface area (Å²) in [5, 5.41) is 18.9. The number of halogens is 2. The van der Waals surface area contributed by atoms with Crippen molar-refractivity contribution in [3.8, 4) is 22.5 Å². The molecule has 0 saturated carbocycles. The van der Waals surface area contributed by atoms with Crippen molar-refractivity contribution in [1.82, 2.24) is 73.4 Å². The number of nitrogens with one attached hydrogen (secondary N) is 1. The lowest BCUT2D eigenvalue weighted by Crippen LogP contribution is -2.42. The van der Waals surface area contributed by atoms with Crippen LogP contribution in [0.4, 0.5) is 0 Å². The molecule has 3 atom stereocenters. The van der Waals surface area contributed by atoms with Gasteiger partial charge in [0.25, 0.3) is 0 Å². The summed E-state index contributed by atoms with van der Waals surface area (Å²) < 4.78 is 49.8. The van der Waals surface area contributed by atoms with Crippen molar-refractivity contribution >= 4 is 93.9 Å². The SMILES string of the molecule is CCOC(C)n1cc(-c2ncnc3c2ccn3COCC[Si](C)(C)C)cn1.C[Si](C)(C)CCOCn1ccc2c(-c3cn[nH]c3)ncnc21.C[Si](C)(C)CCOCn1ccc2c(Cl)ncnc21.Cl.[CH2+]C1(C)OB(c2cnn(C(C)OCC)c2)OC1(C)C. The fourth-order valence-corrected chi connectivity index (χ4v) is 11.1. The molecule has 28 heteroatoms. The number of aromatic amines is 1. The van der Waals surface area contributed by atoms with E-state index in [1.807, 2.05) is 128 Å². The Morgan fingerprint density at radius 1 is 0.598 bits per heavy atom. The van der Waals surface area contributed by atoms with E-state index >= 15 is 0 Å². The van der Waals surface area contributed by atoms with Crippen LogP contribution in [0.1, 0.15) is 60.9 Å². The Kier molecular flexibility index (Phi) is 25.3. The van der Waals surface area contributed by atoms with Crippen LogP contribution in [-0.2, 0) is 53.2 Å². The topological polar surface area (TPSA) is 221 Å². The van der Waals surface area contributed by atoms with Gasteiger partial charge in [-0.25, -0.2) is 39.3 Å². The summed E-state index contributed by atoms with van der Waals surface area (Å²) in [6, 6.07) is 9.47. The third-order valence-electron chi connectivity index (χ3n) is 14.4. The summed E-state index contributed by atoms with van der Waals surface area (Å²) in [6.07, 6.45) is 21.4. The predicted octanol–water partition coefficient (Wildman–Crippen LogP) is 12.7. The zero-order valence-electron chi connectivity index (χ0n) is 53.8. The van der Waals surface area contributed by atoms with Crippen molar-refractivity contribution in [3.63, 3.8) is 0 Å². The van der Waals surface area contributed by atoms with Crippen molar-refractivity contribution < 1.29 is 33.0 Å². The Morgan fingerprint density at radius 2 is 1.03 bits per heavy atom. The maximum atomic E-state index is 5.99. The van der Waals surface area contributed by atoms with Gasteiger partial charge < -0.3 is 46.7 Å². The van der Waals surface area contributed by atoms with E-state index in [9.17, 15) is 0 Å². The molecule has 87 heavy (non-hydrogen) atoms. The van der Waals surface area contributed by atoms with Gasteiger partial charge in [0.15, 0.2) is 0 Å². The predicted molar refractivity (Wildman–Crippen MR) is 356 cm³/mol. The van der Waals surface area contributed by atoms with E-state index in [1.165, 1.54) is 18.4 Å². The summed E-state index contributed by atoms with van der Waals surface area (Å²) in [5.74, 6) is 0. The van der Waals surface area contributed by atoms with Gasteiger partial charge in [0.1, 0.15) is 79.3 Å². The summed E-state index contributed by atoms with van der Waals surface area (Å²) in [6.45, 7) is 44.2. The quantitative estimate of drug-likeness (QED) is 0.0257. The Morgan fingerprint density at radius 3 is 1.47 bits per heavy atom. The van der Waals surface area contributed by atoms with Gasteiger partial charge in [-0.05, 0) is 77.9 Å². The van der Waals surface area contributed by atoms with Crippen molar-refractivity contribution in [3.05, 3.63) is 105 Å². The number of hydrogen-bond acceptors (Lipinski definition) is 16. The molecule has 0 aliphatic carbocycles. The molecule has 1 aliphatic rings. The molecule has 0 radical (unpaired) electrons. The lowest BCUT2D eigenvalue weighted by molar-refractivity contribution is 0.0158. The van der Waals surface area contributed by atoms with Crippen LogP contribution < -0.4 is 5.46 Å². The molecule has 10 rings (SSSR count). The zero-order chi connectivity index (χ0) is 62.5. The molecule has 1 aliphatic heterocycles. The molecule has 0 spiro atoms. The molecular formula is C59H91BCl2N15O7Si3+. The van der Waals surface area contributed by atoms with Crippen LogP contribution in [0.15, 0.2) is 93.0 Å². The number of rotatable bonds is 24. The number of ether oxygens (including phenoxy) is 5. The Balaban J connectivity index is 0.000000187. The molecule has 3 unspecified atom stereocenters. The first-order valence-electron chi connectivity index (χ1n) is 29.5. The number of H-pyrrole nitrogens is 1. The van der Waals surface area contributed by atoms with Crippen LogP contribution in [-0.4, -0.2) is 149 Å². The Bertz CT molecular complexity index is 3500. The molecular weight excluding hydrogens is 1200 g/mol. The van der Waals surface area contributed by atoms with E-state index in [1.54, 1.807) is 29.7 Å². The standard InChI is InChI=1S/C19H29N5O2Si.C15H21N5OSi.C13H22BN2O3.C12H18ClN3OSi.ClH/c1-6-26-15(2)24-12-16(11-22-24)18-17-7-8-23(19(17)21-13-20-18)14-25-9-10-27(3,4)5;1-22(2,3)7-6-21-11-20-5-4-13-14(12-8-18-19-9-12)16-10-17-15(13)20;1-7-17-10(2)16-9-11(8-15-16)14-18-12(3,4)13(5,6)19-14;1-18(2,3)7-6-17-9-16-5-4-10-11(13)14-8-15-12(10)16;/h7-8,11-13,15H,6,9-10,14H2,1-5H3;4-5,8-10H,6-7,11H2,1-3H3,(H,18,19);8-10H,3,7H2,1-2,4-6H3;4-5,8H,6-7,9H2,1-3H3;1H/q;;+1;;. The van der Waals surface area contributed by atoms with Gasteiger partial charge in [-0.3, -0.25) is 5.10 Å². The smallest absolute Gasteiger partial charge is 0.395 e. The largest absolute Gasteiger partial charge is 0.501 e. The fourth-order valence-electron chi connectivity index (χ4n) is 8.66. The average molecular weight is 1290 g/mol. The van der Waals surface area contributed by atoms with Crippen LogP contribution in [0.3, 0.4) is 0 Å². The molecule has 1 fully saturated rings. The Labute approximate surface area is 527 Å². The molecule has 9 aromatic rings. The second-order valence-corrected chi connectivity index (χ2v) is 42.8. The van der Waals surface area contributed by atoms with E-state index in [2.05, 4.69) is 116 Å². The molecule has 0 amide bonds. The molecule has 0 aromatic carbocycles. The van der Waals surface area contributed by atoms with Crippen molar-refractivity contribution in [2.45, 2.75) is 169 Å². The minimum atomic E-state index is -1.08. The van der Waals surface area contributed by atoms with Gasteiger partial charge in [-0.15, -0.1) is 12.4 Å². The van der Waals surface area contributed by atoms with Gasteiger partial charge >= 0.3 is 7.12 Å². The minimum Gasteiger partial charge on any atom is -0.395 e. The van der Waals surface area contributed by atoms with Crippen LogP contribution in [0.5, 0.6) is 0 Å². The second kappa shape index (κ2) is 31.2. The lowest BCUT2D eigenvalue weighted by Gasteiger charge is -2.25. The van der Waals surface area contributed by atoms with Crippen LogP contribution >= 0.6 is 24.0 Å². The molecule has 10 heterocycles. The third-order valence-corrected chi connectivity index (χ3v) is 19.9. The number of nitrogens with zero attached hydrogens (tertiary/aromatic N) is 14. The summed E-state index contributed by atoms with van der Waals surface area (Å²) in [4.78, 5) is 25.9. The van der Waals surface area contributed by atoms with Gasteiger partial charge in [0, 0.05) is 135 Å². The maximum Gasteiger partial charge on any atom is 0.501 e. The highest BCUT2D eigenvalue weighted by atomic mass is 35.5. The molecule has 0 bridgehead atoms. The monoisotopic (exact) mass is 1290 g/mol. The fraction of sp³-hybridized carbons (Fsp3) is 0.525. The highest BCUT2D eigenvalue weighted by Crippen LogP contribution is 2.36. The highest BCUT2D eigenvalue weighted by Gasteiger charge is 2.57. The van der Waals surface area contributed by atoms with Crippen molar-refractivity contribution in [1.29, 1.82) is 0 Å². The van der Waals surface area contributed by atoms with E-state index in [-0.39, 0.29) is 24.9 Å². The van der Waals surface area contributed by atoms with Gasteiger partial charge in [0.2, 0.25) is 5.60 Å². The van der Waals surface area contributed by atoms with E-state index in [4.69, 9.17) is 44.6 Å². The number of hydrogen-bond donors (Lipinski definition) is 1. The summed E-state index contributed by atoms with van der Waals surface area (Å²) in [5.41, 5.74) is 6.12. The van der Waals surface area contributed by atoms with Crippen LogP contribution in [0, 0.1) is 6.92 Å². The first-order valence-corrected chi connectivity index (χ1v) is 41.0. The molecule has 1 N–H and O–H groups in total. The molecule has 22 nitrogen and oxygen atoms in total. The number of fused-ring (bicyclic) bond motifs is 3. The third kappa shape index (κ3) is 19.9. The van der Waals surface area contributed by atoms with Crippen molar-refractivity contribution in [2.75, 3.05) is 33.0 Å². The second-order valence-electron chi connectivity index (χ2n) is 25.6. The number of aromatic nitrogens is 15. The van der Waals surface area contributed by atoms with Crippen LogP contribution in [0.25, 0.3) is 55.6 Å². The molecule has 1 saturated heterocycles. The van der Waals surface area contributed by atoms with E-state index in [0.717, 1.165) is 86.9 Å². The lowest BCUT2D eigenvalue weighted by atomic mass is 9.82. The van der Waals surface area contributed by atoms with E-state index in [0.29, 0.717) is 38.6 Å². The average Bonchev–Trinajstić information content (AvgIpc) is 1.95. The Hall–Kier alpha value is -5.62. The normalized spacial score (nSPS) is 15.8. The summed E-state index contributed by atoms with van der Waals surface area (Å²) in [7, 11) is -3.58. The van der Waals surface area contributed by atoms with Crippen molar-refractivity contribution in [2.24, 2.45) is 0 Å². The minimum absolute atomic E-state index is 0.